The van der Waals surface area contributed by atoms with Crippen LogP contribution >= 0.6 is 0 Å². The molecule has 0 aliphatic heterocycles. The third-order valence-electron chi connectivity index (χ3n) is 0.939. The first-order valence-electron chi connectivity index (χ1n) is 4.14. The Kier molecular flexibility index (Phi) is 7.94. The first kappa shape index (κ1) is 16.0. The van der Waals surface area contributed by atoms with Gasteiger partial charge in [-0.05, 0) is 13.0 Å². The van der Waals surface area contributed by atoms with E-state index in [1.54, 1.807) is 0 Å². The topological polar surface area (TPSA) is 66.4 Å². The van der Waals surface area contributed by atoms with E-state index in [4.69, 9.17) is 0 Å². The number of quaternary nitrogens is 1. The van der Waals surface area contributed by atoms with Gasteiger partial charge in [-0.25, -0.2) is 8.42 Å². The highest BCUT2D eigenvalue weighted by Crippen LogP contribution is 1.86. The Labute approximate surface area is 86.5 Å². The van der Waals surface area contributed by atoms with Gasteiger partial charge in [-0.2, -0.15) is 0 Å². The molecule has 5 nitrogen and oxygen atoms in total. The largest absolute Gasteiger partial charge is 0.726 e. The molecule has 0 aromatic heterocycles. The summed E-state index contributed by atoms with van der Waals surface area (Å²) in [7, 11) is 2.00. The molecule has 0 aliphatic rings. The average Bonchev–Trinajstić information content (AvgIpc) is 1.81. The molecule has 14 heavy (non-hydrogen) atoms. The number of hydrogen-bond acceptors (Lipinski definition) is 4. The van der Waals surface area contributed by atoms with Gasteiger partial charge in [0.1, 0.15) is 0 Å². The van der Waals surface area contributed by atoms with Gasteiger partial charge in [0.2, 0.25) is 10.4 Å². The van der Waals surface area contributed by atoms with Crippen LogP contribution in [-0.2, 0) is 14.6 Å². The Morgan fingerprint density at radius 2 is 1.86 bits per heavy atom. The minimum Gasteiger partial charge on any atom is -0.726 e. The lowest BCUT2D eigenvalue weighted by Gasteiger charge is -2.21. The normalized spacial score (nSPS) is 11.5. The molecule has 0 aromatic rings. The first-order chi connectivity index (χ1) is 6.12. The van der Waals surface area contributed by atoms with Crippen LogP contribution in [0.5, 0.6) is 0 Å². The van der Waals surface area contributed by atoms with Crippen molar-refractivity contribution in [3.63, 3.8) is 0 Å². The zero-order valence-corrected chi connectivity index (χ0v) is 10.0. The Balaban J connectivity index is 0. The predicted octanol–water partition coefficient (Wildman–Crippen LogP) is 0.362. The minimum absolute atomic E-state index is 0.0914. The number of rotatable bonds is 4. The summed E-state index contributed by atoms with van der Waals surface area (Å²) in [5, 5.41) is 0. The van der Waals surface area contributed by atoms with Crippen molar-refractivity contribution in [2.24, 2.45) is 0 Å². The molecular formula is C8H19NO4S. The highest BCUT2D eigenvalue weighted by Gasteiger charge is 1.99. The smallest absolute Gasteiger partial charge is 0.217 e. The summed E-state index contributed by atoms with van der Waals surface area (Å²) in [6.45, 7) is 6.01. The summed E-state index contributed by atoms with van der Waals surface area (Å²) in [6, 6.07) is 0. The summed E-state index contributed by atoms with van der Waals surface area (Å²) in [4.78, 5) is 0. The summed E-state index contributed by atoms with van der Waals surface area (Å²) in [5.74, 6) is 0. The Morgan fingerprint density at radius 3 is 1.86 bits per heavy atom. The Bertz CT molecular complexity index is 241. The standard InChI is InChI=1S/C6H14N.C2H6O4S/c1-5-6-7(2,3)4;1-2-6-7(3,4)5/h5H,1,6H2,2-4H3;2H2,1H3,(H,3,4,5)/q+1;/p-1. The van der Waals surface area contributed by atoms with Crippen molar-refractivity contribution >= 4 is 10.4 Å². The minimum atomic E-state index is -4.42. The fourth-order valence-corrected chi connectivity index (χ4v) is 0.820. The molecule has 0 aromatic carbocycles. The summed E-state index contributed by atoms with van der Waals surface area (Å²) in [6.07, 6.45) is 1.93. The van der Waals surface area contributed by atoms with Crippen molar-refractivity contribution in [3.8, 4) is 0 Å². The van der Waals surface area contributed by atoms with E-state index in [-0.39, 0.29) is 6.61 Å². The van der Waals surface area contributed by atoms with E-state index in [9.17, 15) is 13.0 Å². The highest BCUT2D eigenvalue weighted by atomic mass is 32.3. The molecule has 0 amide bonds. The van der Waals surface area contributed by atoms with Crippen LogP contribution in [0.25, 0.3) is 0 Å². The third-order valence-corrected chi connectivity index (χ3v) is 1.46. The van der Waals surface area contributed by atoms with Gasteiger partial charge in [0, 0.05) is 0 Å². The maximum atomic E-state index is 9.45. The molecule has 0 aliphatic carbocycles. The molecule has 0 saturated carbocycles. The van der Waals surface area contributed by atoms with E-state index in [0.29, 0.717) is 0 Å². The average molecular weight is 225 g/mol. The molecular weight excluding hydrogens is 206 g/mol. The lowest BCUT2D eigenvalue weighted by Crippen LogP contribution is -2.33. The van der Waals surface area contributed by atoms with Crippen molar-refractivity contribution in [1.29, 1.82) is 0 Å². The number of nitrogens with zero attached hydrogens (tertiary/aromatic N) is 1. The molecule has 0 saturated heterocycles. The predicted molar refractivity (Wildman–Crippen MR) is 54.4 cm³/mol. The van der Waals surface area contributed by atoms with Gasteiger partial charge < -0.3 is 9.04 Å². The van der Waals surface area contributed by atoms with Crippen molar-refractivity contribution in [1.82, 2.24) is 0 Å². The summed E-state index contributed by atoms with van der Waals surface area (Å²) >= 11 is 0. The van der Waals surface area contributed by atoms with E-state index in [1.807, 2.05) is 6.08 Å². The summed E-state index contributed by atoms with van der Waals surface area (Å²) < 4.78 is 33.0. The molecule has 0 fully saturated rings. The molecule has 6 heteroatoms. The molecule has 0 heterocycles. The van der Waals surface area contributed by atoms with Crippen molar-refractivity contribution < 1.29 is 21.6 Å². The highest BCUT2D eigenvalue weighted by molar-refractivity contribution is 7.80. The quantitative estimate of drug-likeness (QED) is 0.300. The van der Waals surface area contributed by atoms with E-state index >= 15 is 0 Å². The zero-order chi connectivity index (χ0) is 11.8. The molecule has 0 spiro atoms. The van der Waals surface area contributed by atoms with Crippen LogP contribution in [0.1, 0.15) is 6.92 Å². The van der Waals surface area contributed by atoms with Gasteiger partial charge >= 0.3 is 0 Å². The van der Waals surface area contributed by atoms with E-state index in [0.717, 1.165) is 11.0 Å². The van der Waals surface area contributed by atoms with E-state index < -0.39 is 10.4 Å². The number of hydrogen-bond donors (Lipinski definition) is 0. The van der Waals surface area contributed by atoms with Crippen LogP contribution in [0.3, 0.4) is 0 Å². The molecule has 0 bridgehead atoms. The molecule has 86 valence electrons. The van der Waals surface area contributed by atoms with Crippen LogP contribution in [0, 0.1) is 0 Å². The van der Waals surface area contributed by atoms with Gasteiger partial charge in [-0.15, -0.1) is 0 Å². The lowest BCUT2D eigenvalue weighted by atomic mass is 10.5. The van der Waals surface area contributed by atoms with Gasteiger partial charge in [0.05, 0.1) is 34.3 Å². The first-order valence-corrected chi connectivity index (χ1v) is 5.47. The van der Waals surface area contributed by atoms with Crippen LogP contribution in [0.2, 0.25) is 0 Å². The third kappa shape index (κ3) is 22.6. The van der Waals surface area contributed by atoms with Crippen molar-refractivity contribution in [2.75, 3.05) is 34.3 Å². The van der Waals surface area contributed by atoms with Crippen LogP contribution < -0.4 is 0 Å². The molecule has 0 rings (SSSR count). The van der Waals surface area contributed by atoms with Gasteiger partial charge in [-0.3, -0.25) is 4.18 Å². The van der Waals surface area contributed by atoms with Gasteiger partial charge in [0.25, 0.3) is 0 Å². The summed E-state index contributed by atoms with van der Waals surface area (Å²) in [5.41, 5.74) is 0. The van der Waals surface area contributed by atoms with Crippen molar-refractivity contribution in [3.05, 3.63) is 12.7 Å². The van der Waals surface area contributed by atoms with Gasteiger partial charge in [0.15, 0.2) is 0 Å². The molecule has 0 radical (unpaired) electrons. The molecule has 0 unspecified atom stereocenters. The van der Waals surface area contributed by atoms with E-state index in [1.165, 1.54) is 6.92 Å². The van der Waals surface area contributed by atoms with Crippen LogP contribution in [0.4, 0.5) is 0 Å². The monoisotopic (exact) mass is 225 g/mol. The van der Waals surface area contributed by atoms with Crippen molar-refractivity contribution in [2.45, 2.75) is 6.92 Å². The van der Waals surface area contributed by atoms with Gasteiger partial charge in [-0.1, -0.05) is 6.58 Å². The second-order valence-electron chi connectivity index (χ2n) is 3.58. The van der Waals surface area contributed by atoms with E-state index in [2.05, 4.69) is 31.9 Å². The Hall–Kier alpha value is -0.430. The molecule has 0 atom stereocenters. The maximum Gasteiger partial charge on any atom is 0.217 e. The van der Waals surface area contributed by atoms with Crippen LogP contribution in [0.15, 0.2) is 12.7 Å². The SMILES string of the molecule is C=CC[N+](C)(C)C.CCOS(=O)(=O)[O-]. The fraction of sp³-hybridized carbons (Fsp3) is 0.750. The zero-order valence-electron chi connectivity index (χ0n) is 9.19. The number of likely N-dealkylation sites (N-methyl/N-ethyl adjacent to an activating group) is 1. The second-order valence-corrected chi connectivity index (χ2v) is 4.63. The second kappa shape index (κ2) is 6.94. The fourth-order valence-electron chi connectivity index (χ4n) is 0.532. The molecule has 0 N–H and O–H groups in total. The maximum absolute atomic E-state index is 9.45. The van der Waals surface area contributed by atoms with Crippen LogP contribution in [-0.4, -0.2) is 51.7 Å². The Morgan fingerprint density at radius 1 is 1.43 bits per heavy atom. The lowest BCUT2D eigenvalue weighted by molar-refractivity contribution is -0.864.